The van der Waals surface area contributed by atoms with Gasteiger partial charge in [0, 0.05) is 31.2 Å². The van der Waals surface area contributed by atoms with Crippen LogP contribution in [-0.2, 0) is 11.2 Å². The van der Waals surface area contributed by atoms with Crippen LogP contribution in [0.4, 0.5) is 5.69 Å². The number of ether oxygens (including phenoxy) is 1. The summed E-state index contributed by atoms with van der Waals surface area (Å²) in [4.78, 5) is 17.9. The maximum atomic E-state index is 12.0. The van der Waals surface area contributed by atoms with Crippen molar-refractivity contribution in [3.8, 4) is 5.75 Å². The molecule has 0 spiro atoms. The highest BCUT2D eigenvalue weighted by molar-refractivity contribution is 5.82. The second-order valence-electron chi connectivity index (χ2n) is 7.05. The van der Waals surface area contributed by atoms with Crippen molar-refractivity contribution in [2.24, 2.45) is 0 Å². The Morgan fingerprint density at radius 2 is 1.96 bits per heavy atom. The molecular weight excluding hydrogens is 354 g/mol. The standard InChI is InChI=1S/C19H23N3O3.C3H8/c1-13(14-5-7-20-8-6-14)25-17-4-3-15-9-16(12-23)21-19(24)11-22(2)18(15)10-17;1-3-2/h3-8,10,13,16,23H,9,11-12H2,1-2H3,(H,21,24);3H2,1-2H3. The minimum atomic E-state index is -0.262. The molecule has 0 saturated heterocycles. The summed E-state index contributed by atoms with van der Waals surface area (Å²) in [6, 6.07) is 9.49. The molecule has 2 unspecified atom stereocenters. The van der Waals surface area contributed by atoms with Crippen LogP contribution in [0.5, 0.6) is 5.75 Å². The fraction of sp³-hybridized carbons (Fsp3) is 0.455. The van der Waals surface area contributed by atoms with Crippen LogP contribution >= 0.6 is 0 Å². The number of fused-ring (bicyclic) bond motifs is 1. The second-order valence-corrected chi connectivity index (χ2v) is 7.05. The summed E-state index contributed by atoms with van der Waals surface area (Å²) in [6.07, 6.45) is 5.23. The van der Waals surface area contributed by atoms with Gasteiger partial charge in [0.25, 0.3) is 0 Å². The van der Waals surface area contributed by atoms with Crippen LogP contribution in [-0.4, -0.2) is 42.2 Å². The molecule has 1 aliphatic heterocycles. The van der Waals surface area contributed by atoms with E-state index in [1.54, 1.807) is 12.4 Å². The lowest BCUT2D eigenvalue weighted by atomic mass is 10.0. The van der Waals surface area contributed by atoms with Crippen molar-refractivity contribution >= 4 is 11.6 Å². The van der Waals surface area contributed by atoms with Crippen molar-refractivity contribution in [3.05, 3.63) is 53.9 Å². The van der Waals surface area contributed by atoms with E-state index in [1.807, 2.05) is 49.2 Å². The number of hydrogen-bond donors (Lipinski definition) is 2. The molecule has 2 atom stereocenters. The molecule has 1 aliphatic rings. The molecule has 2 N–H and O–H groups in total. The zero-order chi connectivity index (χ0) is 20.5. The van der Waals surface area contributed by atoms with Gasteiger partial charge >= 0.3 is 0 Å². The molecule has 3 rings (SSSR count). The maximum Gasteiger partial charge on any atom is 0.239 e. The number of aliphatic hydroxyl groups is 1. The van der Waals surface area contributed by atoms with Crippen LogP contribution in [0.15, 0.2) is 42.7 Å². The largest absolute Gasteiger partial charge is 0.486 e. The normalized spacial score (nSPS) is 17.2. The average molecular weight is 386 g/mol. The SMILES string of the molecule is CC(Oc1ccc2c(c1)N(C)CC(=O)NC(CO)C2)c1ccncc1.CCC. The molecule has 0 fully saturated rings. The Labute approximate surface area is 167 Å². The van der Waals surface area contributed by atoms with Crippen LogP contribution in [0.2, 0.25) is 0 Å². The van der Waals surface area contributed by atoms with Crippen LogP contribution in [0, 0.1) is 0 Å². The molecular formula is C22H31N3O3. The van der Waals surface area contributed by atoms with Gasteiger partial charge in [-0.05, 0) is 42.7 Å². The van der Waals surface area contributed by atoms with Crippen molar-refractivity contribution in [2.45, 2.75) is 45.8 Å². The van der Waals surface area contributed by atoms with Crippen molar-refractivity contribution in [2.75, 3.05) is 25.1 Å². The molecule has 0 aliphatic carbocycles. The Bertz CT molecular complexity index is 752. The zero-order valence-electron chi connectivity index (χ0n) is 17.2. The van der Waals surface area contributed by atoms with E-state index >= 15 is 0 Å². The molecule has 28 heavy (non-hydrogen) atoms. The number of hydrogen-bond acceptors (Lipinski definition) is 5. The van der Waals surface area contributed by atoms with Crippen molar-refractivity contribution in [3.63, 3.8) is 0 Å². The number of carbonyl (C=O) groups is 1. The van der Waals surface area contributed by atoms with Gasteiger partial charge in [-0.25, -0.2) is 0 Å². The number of nitrogens with zero attached hydrogens (tertiary/aromatic N) is 2. The van der Waals surface area contributed by atoms with Crippen LogP contribution in [0.25, 0.3) is 0 Å². The number of pyridine rings is 1. The van der Waals surface area contributed by atoms with E-state index in [0.29, 0.717) is 6.42 Å². The molecule has 6 heteroatoms. The number of anilines is 1. The summed E-state index contributed by atoms with van der Waals surface area (Å²) in [5, 5.41) is 12.3. The Hall–Kier alpha value is -2.60. The Morgan fingerprint density at radius 1 is 1.29 bits per heavy atom. The second kappa shape index (κ2) is 10.7. The first-order valence-electron chi connectivity index (χ1n) is 9.79. The van der Waals surface area contributed by atoms with E-state index < -0.39 is 0 Å². The van der Waals surface area contributed by atoms with Gasteiger partial charge in [0.05, 0.1) is 19.2 Å². The topological polar surface area (TPSA) is 74.7 Å². The highest BCUT2D eigenvalue weighted by Crippen LogP contribution is 2.30. The molecule has 0 radical (unpaired) electrons. The predicted molar refractivity (Wildman–Crippen MR) is 112 cm³/mol. The molecule has 2 heterocycles. The summed E-state index contributed by atoms with van der Waals surface area (Å²) in [5.41, 5.74) is 3.08. The summed E-state index contributed by atoms with van der Waals surface area (Å²) < 4.78 is 6.06. The summed E-state index contributed by atoms with van der Waals surface area (Å²) in [7, 11) is 1.88. The van der Waals surface area contributed by atoms with Crippen molar-refractivity contribution in [1.82, 2.24) is 10.3 Å². The number of aromatic nitrogens is 1. The van der Waals surface area contributed by atoms with E-state index in [1.165, 1.54) is 6.42 Å². The number of likely N-dealkylation sites (N-methyl/N-ethyl adjacent to an activating group) is 1. The number of nitrogens with one attached hydrogen (secondary N) is 1. The van der Waals surface area contributed by atoms with E-state index in [2.05, 4.69) is 24.1 Å². The Kier molecular flexibility index (Phi) is 8.26. The third-order valence-electron chi connectivity index (χ3n) is 4.39. The fourth-order valence-corrected chi connectivity index (χ4v) is 3.05. The van der Waals surface area contributed by atoms with E-state index in [9.17, 15) is 9.90 Å². The minimum absolute atomic E-state index is 0.0772. The van der Waals surface area contributed by atoms with Crippen molar-refractivity contribution < 1.29 is 14.6 Å². The number of carbonyl (C=O) groups excluding carboxylic acids is 1. The summed E-state index contributed by atoms with van der Waals surface area (Å²) in [6.45, 7) is 6.41. The molecule has 1 amide bonds. The first kappa shape index (κ1) is 21.7. The van der Waals surface area contributed by atoms with Gasteiger partial charge in [0.2, 0.25) is 5.91 Å². The highest BCUT2D eigenvalue weighted by Gasteiger charge is 2.21. The average Bonchev–Trinajstić information content (AvgIpc) is 2.68. The summed E-state index contributed by atoms with van der Waals surface area (Å²) in [5.74, 6) is 0.653. The molecule has 152 valence electrons. The van der Waals surface area contributed by atoms with Crippen LogP contribution < -0.4 is 15.0 Å². The third-order valence-corrected chi connectivity index (χ3v) is 4.39. The molecule has 0 saturated carbocycles. The molecule has 2 aromatic rings. The van der Waals surface area contributed by atoms with Gasteiger partial charge in [-0.3, -0.25) is 9.78 Å². The monoisotopic (exact) mass is 385 g/mol. The molecule has 6 nitrogen and oxygen atoms in total. The first-order valence-corrected chi connectivity index (χ1v) is 9.79. The number of benzene rings is 1. The first-order chi connectivity index (χ1) is 13.5. The highest BCUT2D eigenvalue weighted by atomic mass is 16.5. The maximum absolute atomic E-state index is 12.0. The van der Waals surface area contributed by atoms with Gasteiger partial charge in [-0.2, -0.15) is 0 Å². The lowest BCUT2D eigenvalue weighted by Gasteiger charge is -2.29. The van der Waals surface area contributed by atoms with Gasteiger partial charge < -0.3 is 20.1 Å². The van der Waals surface area contributed by atoms with Gasteiger partial charge in [-0.15, -0.1) is 0 Å². The quantitative estimate of drug-likeness (QED) is 0.846. The third kappa shape index (κ3) is 5.96. The van der Waals surface area contributed by atoms with E-state index in [-0.39, 0.29) is 31.2 Å². The number of aliphatic hydroxyl groups excluding tert-OH is 1. The van der Waals surface area contributed by atoms with Crippen LogP contribution in [0.3, 0.4) is 0 Å². The lowest BCUT2D eigenvalue weighted by molar-refractivity contribution is -0.120. The molecule has 1 aromatic carbocycles. The van der Waals surface area contributed by atoms with E-state index in [0.717, 1.165) is 22.6 Å². The smallest absolute Gasteiger partial charge is 0.239 e. The predicted octanol–water partition coefficient (Wildman–Crippen LogP) is 3.11. The van der Waals surface area contributed by atoms with E-state index in [4.69, 9.17) is 4.74 Å². The minimum Gasteiger partial charge on any atom is -0.486 e. The fourth-order valence-electron chi connectivity index (χ4n) is 3.05. The van der Waals surface area contributed by atoms with Gasteiger partial charge in [0.1, 0.15) is 11.9 Å². The number of rotatable bonds is 4. The Morgan fingerprint density at radius 3 is 2.61 bits per heavy atom. The zero-order valence-corrected chi connectivity index (χ0v) is 17.2. The van der Waals surface area contributed by atoms with Crippen LogP contribution in [0.1, 0.15) is 44.4 Å². The Balaban J connectivity index is 0.000000878. The summed E-state index contributed by atoms with van der Waals surface area (Å²) >= 11 is 0. The lowest BCUT2D eigenvalue weighted by Crippen LogP contribution is -2.46. The van der Waals surface area contributed by atoms with Gasteiger partial charge in [0.15, 0.2) is 0 Å². The van der Waals surface area contributed by atoms with Crippen molar-refractivity contribution in [1.29, 1.82) is 0 Å². The number of amides is 1. The molecule has 1 aromatic heterocycles. The van der Waals surface area contributed by atoms with Gasteiger partial charge in [-0.1, -0.05) is 26.3 Å². The molecule has 0 bridgehead atoms.